The second-order valence-electron chi connectivity index (χ2n) is 6.02. The molecule has 0 radical (unpaired) electrons. The Morgan fingerprint density at radius 1 is 1.09 bits per heavy atom. The lowest BCUT2D eigenvalue weighted by atomic mass is 10.1. The summed E-state index contributed by atoms with van der Waals surface area (Å²) < 4.78 is 29.4. The van der Waals surface area contributed by atoms with Crippen LogP contribution in [0, 0.1) is 20.8 Å². The summed E-state index contributed by atoms with van der Waals surface area (Å²) in [5.41, 5.74) is 3.29. The third kappa shape index (κ3) is 5.28. The van der Waals surface area contributed by atoms with Crippen LogP contribution in [0.1, 0.15) is 37.5 Å². The van der Waals surface area contributed by atoms with Crippen molar-refractivity contribution in [2.45, 2.75) is 52.0 Å². The number of benzene rings is 1. The van der Waals surface area contributed by atoms with Crippen molar-refractivity contribution in [3.05, 3.63) is 28.8 Å². The van der Waals surface area contributed by atoms with Gasteiger partial charge in [-0.1, -0.05) is 22.6 Å². The van der Waals surface area contributed by atoms with Crippen LogP contribution in [0.4, 0.5) is 4.79 Å². The molecule has 0 aliphatic rings. The van der Waals surface area contributed by atoms with E-state index >= 15 is 0 Å². The van der Waals surface area contributed by atoms with Gasteiger partial charge in [-0.3, -0.25) is 0 Å². The molecule has 0 spiro atoms. The zero-order valence-corrected chi connectivity index (χ0v) is 14.4. The minimum Gasteiger partial charge on any atom is -0.442 e. The van der Waals surface area contributed by atoms with Crippen LogP contribution in [0.5, 0.6) is 0 Å². The minimum atomic E-state index is -3.92. The van der Waals surface area contributed by atoms with Gasteiger partial charge in [0.1, 0.15) is 5.60 Å². The first kappa shape index (κ1) is 18.4. The summed E-state index contributed by atoms with van der Waals surface area (Å²) in [4.78, 5) is 17.9. The van der Waals surface area contributed by atoms with E-state index < -0.39 is 21.7 Å². The molecule has 1 rings (SSSR count). The maximum atomic E-state index is 12.2. The van der Waals surface area contributed by atoms with Gasteiger partial charge in [0.25, 0.3) is 10.0 Å². The van der Waals surface area contributed by atoms with Gasteiger partial charge in [0.05, 0.1) is 4.90 Å². The van der Waals surface area contributed by atoms with Crippen molar-refractivity contribution in [2.75, 3.05) is 0 Å². The van der Waals surface area contributed by atoms with E-state index in [0.29, 0.717) is 11.1 Å². The highest BCUT2D eigenvalue weighted by Gasteiger charge is 2.21. The van der Waals surface area contributed by atoms with E-state index in [0.717, 1.165) is 5.56 Å². The van der Waals surface area contributed by atoms with Gasteiger partial charge >= 0.3 is 6.09 Å². The Morgan fingerprint density at radius 2 is 1.59 bits per heavy atom. The van der Waals surface area contributed by atoms with Gasteiger partial charge in [-0.05, 0) is 52.7 Å². The van der Waals surface area contributed by atoms with Gasteiger partial charge < -0.3 is 4.74 Å². The number of ether oxygens (including phenoxy) is 1. The number of carbonyl (C=O) groups is 1. The van der Waals surface area contributed by atoms with Crippen LogP contribution < -0.4 is 10.4 Å². The zero-order valence-electron chi connectivity index (χ0n) is 13.6. The maximum Gasteiger partial charge on any atom is 0.433 e. The Morgan fingerprint density at radius 3 is 2.05 bits per heavy atom. The highest BCUT2D eigenvalue weighted by atomic mass is 32.2. The van der Waals surface area contributed by atoms with Crippen LogP contribution in [-0.4, -0.2) is 20.1 Å². The van der Waals surface area contributed by atoms with Gasteiger partial charge in [0.2, 0.25) is 0 Å². The molecule has 2 N–H and O–H groups in total. The molecule has 8 heteroatoms. The molecule has 0 aliphatic carbocycles. The summed E-state index contributed by atoms with van der Waals surface area (Å²) in [7, 11) is -3.92. The average Bonchev–Trinajstić information content (AvgIpc) is 2.23. The van der Waals surface area contributed by atoms with E-state index in [4.69, 9.17) is 4.74 Å². The molecule has 1 aromatic carbocycles. The van der Waals surface area contributed by atoms with Crippen LogP contribution in [0.3, 0.4) is 0 Å². The van der Waals surface area contributed by atoms with Crippen molar-refractivity contribution in [1.82, 2.24) is 10.4 Å². The van der Waals surface area contributed by atoms with Gasteiger partial charge in [-0.2, -0.15) is 10.4 Å². The lowest BCUT2D eigenvalue weighted by Gasteiger charge is -2.19. The number of aryl methyl sites for hydroxylation is 3. The molecule has 0 saturated heterocycles. The molecule has 0 bridgehead atoms. The molecule has 1 aromatic rings. The molecule has 0 atom stereocenters. The monoisotopic (exact) mass is 330 g/mol. The Bertz CT molecular complexity index is 639. The number of carbonyl (C=O) groups excluding carboxylic acids is 1. The number of rotatable bonds is 4. The van der Waals surface area contributed by atoms with Crippen molar-refractivity contribution in [3.63, 3.8) is 0 Å². The molecule has 124 valence electrons. The second kappa shape index (κ2) is 6.64. The van der Waals surface area contributed by atoms with Crippen LogP contribution in [0.2, 0.25) is 0 Å². The molecule has 0 fully saturated rings. The van der Waals surface area contributed by atoms with Crippen molar-refractivity contribution in [3.8, 4) is 0 Å². The van der Waals surface area contributed by atoms with Gasteiger partial charge in [0.15, 0.2) is 0 Å². The lowest BCUT2D eigenvalue weighted by molar-refractivity contribution is -0.0252. The van der Waals surface area contributed by atoms with Crippen molar-refractivity contribution in [1.29, 1.82) is 0 Å². The minimum absolute atomic E-state index is 0.115. The third-order valence-corrected chi connectivity index (χ3v) is 4.04. The van der Waals surface area contributed by atoms with Crippen LogP contribution >= 0.6 is 0 Å². The fraction of sp³-hybridized carbons (Fsp3) is 0.500. The summed E-state index contributed by atoms with van der Waals surface area (Å²) in [6, 6.07) is 3.51. The molecule has 0 heterocycles. The van der Waals surface area contributed by atoms with Crippen molar-refractivity contribution in [2.24, 2.45) is 0 Å². The van der Waals surface area contributed by atoms with E-state index in [2.05, 4.69) is 4.94 Å². The summed E-state index contributed by atoms with van der Waals surface area (Å²) >= 11 is 0. The number of sulfonamides is 1. The Labute approximate surface area is 131 Å². The number of hydrogen-bond donors (Lipinski definition) is 2. The van der Waals surface area contributed by atoms with E-state index in [1.807, 2.05) is 17.3 Å². The first-order valence-electron chi connectivity index (χ1n) is 6.67. The number of amides is 1. The molecule has 7 nitrogen and oxygen atoms in total. The first-order chi connectivity index (χ1) is 9.92. The fourth-order valence-corrected chi connectivity index (χ4v) is 3.25. The lowest BCUT2D eigenvalue weighted by Crippen LogP contribution is -2.38. The number of nitrogens with one attached hydrogen (secondary N) is 2. The standard InChI is InChI=1S/C14H22N2O5S/c1-9-7-10(2)12(11(3)8-9)22(18,19)16-21-15-13(17)20-14(4,5)6/h7-8,16H,1-6H3,(H,15,17). The molecule has 0 aliphatic heterocycles. The Kier molecular flexibility index (Phi) is 5.55. The average molecular weight is 330 g/mol. The zero-order chi connectivity index (χ0) is 17.1. The molecule has 0 unspecified atom stereocenters. The first-order valence-corrected chi connectivity index (χ1v) is 8.15. The molecular formula is C14H22N2O5S. The molecule has 0 saturated carbocycles. The van der Waals surface area contributed by atoms with Crippen LogP contribution in [-0.2, 0) is 19.7 Å². The number of hydrogen-bond acceptors (Lipinski definition) is 5. The highest BCUT2D eigenvalue weighted by Crippen LogP contribution is 2.21. The van der Waals surface area contributed by atoms with Gasteiger partial charge in [0, 0.05) is 0 Å². The SMILES string of the molecule is Cc1cc(C)c(S(=O)(=O)NONC(=O)OC(C)(C)C)c(C)c1. The topological polar surface area (TPSA) is 93.7 Å². The Balaban J connectivity index is 2.76. The predicted octanol–water partition coefficient (Wildman–Crippen LogP) is 2.26. The summed E-state index contributed by atoms with van der Waals surface area (Å²) in [5, 5.41) is 0. The van der Waals surface area contributed by atoms with Gasteiger partial charge in [-0.15, -0.1) is 0 Å². The summed E-state index contributed by atoms with van der Waals surface area (Å²) in [5.74, 6) is 0. The fourth-order valence-electron chi connectivity index (χ4n) is 2.05. The van der Waals surface area contributed by atoms with E-state index in [9.17, 15) is 13.2 Å². The number of hydroxylamine groups is 1. The molecular weight excluding hydrogens is 308 g/mol. The molecule has 1 amide bonds. The third-order valence-electron chi connectivity index (χ3n) is 2.56. The largest absolute Gasteiger partial charge is 0.442 e. The van der Waals surface area contributed by atoms with Crippen molar-refractivity contribution >= 4 is 16.1 Å². The highest BCUT2D eigenvalue weighted by molar-refractivity contribution is 7.89. The van der Waals surface area contributed by atoms with E-state index in [1.54, 1.807) is 46.8 Å². The quantitative estimate of drug-likeness (QED) is 0.826. The van der Waals surface area contributed by atoms with Crippen LogP contribution in [0.15, 0.2) is 17.0 Å². The summed E-state index contributed by atoms with van der Waals surface area (Å²) in [6.07, 6.45) is -0.896. The van der Waals surface area contributed by atoms with Crippen LogP contribution in [0.25, 0.3) is 0 Å². The maximum absolute atomic E-state index is 12.2. The van der Waals surface area contributed by atoms with E-state index in [-0.39, 0.29) is 4.90 Å². The molecule has 0 aromatic heterocycles. The molecule has 22 heavy (non-hydrogen) atoms. The van der Waals surface area contributed by atoms with Gasteiger partial charge in [-0.25, -0.2) is 13.2 Å². The summed E-state index contributed by atoms with van der Waals surface area (Å²) in [6.45, 7) is 10.3. The second-order valence-corrected chi connectivity index (χ2v) is 7.60. The van der Waals surface area contributed by atoms with E-state index in [1.165, 1.54) is 0 Å². The smallest absolute Gasteiger partial charge is 0.433 e. The Hall–Kier alpha value is -1.64. The van der Waals surface area contributed by atoms with Crippen molar-refractivity contribution < 1.29 is 22.9 Å². The predicted molar refractivity (Wildman–Crippen MR) is 81.4 cm³/mol. The normalized spacial score (nSPS) is 12.1.